The van der Waals surface area contributed by atoms with Crippen LogP contribution in [-0.2, 0) is 26.7 Å². The molecule has 0 saturated carbocycles. The Labute approximate surface area is 109 Å². The number of rotatable bonds is 3. The summed E-state index contributed by atoms with van der Waals surface area (Å²) in [5.41, 5.74) is 0.141. The molecule has 8 nitrogen and oxygen atoms in total. The second-order valence-corrected chi connectivity index (χ2v) is 7.17. The molecule has 2 heterocycles. The van der Waals surface area contributed by atoms with E-state index in [1.54, 1.807) is 7.05 Å². The lowest BCUT2D eigenvalue weighted by Gasteiger charge is -2.45. The highest BCUT2D eigenvalue weighted by atomic mass is 32.2. The molecule has 9 heteroatoms. The lowest BCUT2D eigenvalue weighted by molar-refractivity contribution is -0.149. The number of aliphatic carboxylic acids is 1. The minimum atomic E-state index is -3.97. The Kier molecular flexibility index (Phi) is 2.70. The number of carboxylic acids is 1. The maximum absolute atomic E-state index is 12.0. The van der Waals surface area contributed by atoms with E-state index in [9.17, 15) is 23.1 Å². The summed E-state index contributed by atoms with van der Waals surface area (Å²) in [6, 6.07) is -1.57. The summed E-state index contributed by atoms with van der Waals surface area (Å²) < 4.78 is 24.2. The Balaban J connectivity index is 2.49. The predicted octanol–water partition coefficient (Wildman–Crippen LogP) is -0.504. The molecule has 1 fully saturated rings. The molecule has 0 aromatic carbocycles. The number of hydrogen-bond donors (Lipinski definition) is 1. The molecule has 1 amide bonds. The number of aromatic nitrogens is 2. The Morgan fingerprint density at radius 3 is 2.42 bits per heavy atom. The maximum atomic E-state index is 12.0. The van der Waals surface area contributed by atoms with Crippen LogP contribution in [0.1, 0.15) is 25.5 Å². The Bertz CT molecular complexity index is 660. The van der Waals surface area contributed by atoms with Crippen LogP contribution in [0.15, 0.2) is 12.4 Å². The van der Waals surface area contributed by atoms with E-state index in [1.807, 2.05) is 0 Å². The highest BCUT2D eigenvalue weighted by molar-refractivity contribution is 7.94. The average molecular weight is 287 g/mol. The van der Waals surface area contributed by atoms with E-state index in [4.69, 9.17) is 0 Å². The van der Waals surface area contributed by atoms with E-state index in [1.165, 1.54) is 30.9 Å². The minimum Gasteiger partial charge on any atom is -0.479 e. The lowest BCUT2D eigenvalue weighted by atomic mass is 10.1. The lowest BCUT2D eigenvalue weighted by Crippen LogP contribution is -2.68. The van der Waals surface area contributed by atoms with E-state index >= 15 is 0 Å². The van der Waals surface area contributed by atoms with Gasteiger partial charge in [0.1, 0.15) is 0 Å². The molecular formula is C10H13N3O5S. The van der Waals surface area contributed by atoms with Crippen molar-refractivity contribution in [3.05, 3.63) is 18.0 Å². The molecule has 0 aliphatic carbocycles. The van der Waals surface area contributed by atoms with Crippen LogP contribution >= 0.6 is 0 Å². The van der Waals surface area contributed by atoms with Crippen LogP contribution in [0.5, 0.6) is 0 Å². The molecule has 19 heavy (non-hydrogen) atoms. The van der Waals surface area contributed by atoms with E-state index in [0.29, 0.717) is 4.31 Å². The quantitative estimate of drug-likeness (QED) is 0.802. The fourth-order valence-electron chi connectivity index (χ4n) is 1.91. The topological polar surface area (TPSA) is 110 Å². The van der Waals surface area contributed by atoms with Gasteiger partial charge >= 0.3 is 5.97 Å². The molecule has 0 radical (unpaired) electrons. The van der Waals surface area contributed by atoms with Gasteiger partial charge < -0.3 is 5.11 Å². The number of carboxylic acid groups (broad SMARTS) is 1. The summed E-state index contributed by atoms with van der Waals surface area (Å²) in [5, 5.41) is 13.0. The summed E-state index contributed by atoms with van der Waals surface area (Å²) in [6.07, 6.45) is 2.60. The summed E-state index contributed by atoms with van der Waals surface area (Å²) in [6.45, 7) is 2.51. The monoisotopic (exact) mass is 287 g/mol. The first-order valence-corrected chi connectivity index (χ1v) is 6.84. The Morgan fingerprint density at radius 1 is 1.47 bits per heavy atom. The smallest absolute Gasteiger partial charge is 0.332 e. The molecule has 0 bridgehead atoms. The van der Waals surface area contributed by atoms with Crippen molar-refractivity contribution in [3.8, 4) is 0 Å². The van der Waals surface area contributed by atoms with Crippen LogP contribution in [0.4, 0.5) is 0 Å². The van der Waals surface area contributed by atoms with Crippen molar-refractivity contribution >= 4 is 21.9 Å². The fourth-order valence-corrected chi connectivity index (χ4v) is 3.52. The highest BCUT2D eigenvalue weighted by Gasteiger charge is 2.64. The summed E-state index contributed by atoms with van der Waals surface area (Å²) in [4.78, 5) is 23.2. The highest BCUT2D eigenvalue weighted by Crippen LogP contribution is 2.41. The van der Waals surface area contributed by atoms with E-state index in [0.717, 1.165) is 0 Å². The van der Waals surface area contributed by atoms with Gasteiger partial charge in [-0.1, -0.05) is 0 Å². The second kappa shape index (κ2) is 3.80. The first-order valence-electron chi connectivity index (χ1n) is 5.40. The van der Waals surface area contributed by atoms with Crippen LogP contribution < -0.4 is 0 Å². The third kappa shape index (κ3) is 1.65. The molecule has 0 spiro atoms. The van der Waals surface area contributed by atoms with Gasteiger partial charge in [-0.15, -0.1) is 0 Å². The zero-order valence-electron chi connectivity index (χ0n) is 10.6. The standard InChI is InChI=1S/C10H13N3O5S/c1-10(2)9(16)13(19(10,17)18)7(8(14)15)6-4-11-12(3)5-6/h4-5,7H,1-3H3,(H,14,15). The van der Waals surface area contributed by atoms with Gasteiger partial charge in [-0.05, 0) is 13.8 Å². The number of sulfonamides is 1. The van der Waals surface area contributed by atoms with Gasteiger partial charge in [0, 0.05) is 18.8 Å². The minimum absolute atomic E-state index is 0.141. The number of aryl methyl sites for hydroxylation is 1. The van der Waals surface area contributed by atoms with Crippen LogP contribution in [0, 0.1) is 0 Å². The zero-order valence-corrected chi connectivity index (χ0v) is 11.4. The molecule has 1 unspecified atom stereocenters. The normalized spacial score (nSPS) is 21.8. The number of carbonyl (C=O) groups excluding carboxylic acids is 1. The van der Waals surface area contributed by atoms with Gasteiger partial charge in [-0.3, -0.25) is 9.48 Å². The molecule has 1 aliphatic heterocycles. The van der Waals surface area contributed by atoms with Gasteiger partial charge in [0.25, 0.3) is 15.9 Å². The number of nitrogens with zero attached hydrogens (tertiary/aromatic N) is 3. The summed E-state index contributed by atoms with van der Waals surface area (Å²) >= 11 is 0. The third-order valence-electron chi connectivity index (χ3n) is 3.13. The number of hydrogen-bond acceptors (Lipinski definition) is 5. The number of amides is 1. The fraction of sp³-hybridized carbons (Fsp3) is 0.500. The van der Waals surface area contributed by atoms with Gasteiger partial charge in [0.2, 0.25) is 0 Å². The van der Waals surface area contributed by atoms with Gasteiger partial charge in [0.05, 0.1) is 6.20 Å². The van der Waals surface area contributed by atoms with Gasteiger partial charge in [-0.25, -0.2) is 17.5 Å². The van der Waals surface area contributed by atoms with E-state index in [2.05, 4.69) is 5.10 Å². The molecule has 104 valence electrons. The predicted molar refractivity (Wildman–Crippen MR) is 63.4 cm³/mol. The first-order chi connectivity index (χ1) is 8.60. The van der Waals surface area contributed by atoms with Gasteiger partial charge in [-0.2, -0.15) is 5.10 Å². The molecule has 1 aromatic rings. The van der Waals surface area contributed by atoms with Crippen molar-refractivity contribution < 1.29 is 23.1 Å². The van der Waals surface area contributed by atoms with E-state index < -0.39 is 32.7 Å². The van der Waals surface area contributed by atoms with Crippen molar-refractivity contribution in [2.24, 2.45) is 7.05 Å². The van der Waals surface area contributed by atoms with E-state index in [-0.39, 0.29) is 5.56 Å². The van der Waals surface area contributed by atoms with Crippen molar-refractivity contribution in [1.82, 2.24) is 14.1 Å². The first kappa shape index (κ1) is 13.5. The Morgan fingerprint density at radius 2 is 2.05 bits per heavy atom. The molecule has 1 atom stereocenters. The second-order valence-electron chi connectivity index (χ2n) is 4.80. The van der Waals surface area contributed by atoms with Gasteiger partial charge in [0.15, 0.2) is 10.8 Å². The van der Waals surface area contributed by atoms with Crippen LogP contribution in [0.2, 0.25) is 0 Å². The summed E-state index contributed by atoms with van der Waals surface area (Å²) in [5.74, 6) is -2.15. The largest absolute Gasteiger partial charge is 0.479 e. The molecule has 1 N–H and O–H groups in total. The van der Waals surface area contributed by atoms with Crippen molar-refractivity contribution in [2.75, 3.05) is 0 Å². The molecule has 1 aromatic heterocycles. The van der Waals surface area contributed by atoms with Crippen molar-refractivity contribution in [3.63, 3.8) is 0 Å². The maximum Gasteiger partial charge on any atom is 0.332 e. The molecule has 1 aliphatic rings. The van der Waals surface area contributed by atoms with Crippen LogP contribution in [-0.4, -0.2) is 44.2 Å². The van der Waals surface area contributed by atoms with Crippen molar-refractivity contribution in [1.29, 1.82) is 0 Å². The molecule has 2 rings (SSSR count). The number of carbonyl (C=O) groups is 2. The Hall–Kier alpha value is -1.90. The SMILES string of the molecule is Cn1cc(C(C(=O)O)N2C(=O)C(C)(C)S2(=O)=O)cn1. The molecular weight excluding hydrogens is 274 g/mol. The summed E-state index contributed by atoms with van der Waals surface area (Å²) in [7, 11) is -2.40. The van der Waals surface area contributed by atoms with Crippen LogP contribution in [0.3, 0.4) is 0 Å². The molecule has 1 saturated heterocycles. The van der Waals surface area contributed by atoms with Crippen LogP contribution in [0.25, 0.3) is 0 Å². The average Bonchev–Trinajstić information content (AvgIpc) is 2.70. The van der Waals surface area contributed by atoms with Crippen molar-refractivity contribution in [2.45, 2.75) is 24.6 Å². The third-order valence-corrected chi connectivity index (χ3v) is 5.49. The zero-order chi connectivity index (χ0) is 14.6.